The first-order valence-electron chi connectivity index (χ1n) is 3.57. The molecule has 0 bridgehead atoms. The van der Waals surface area contributed by atoms with E-state index in [0.717, 1.165) is 7.05 Å². The van der Waals surface area contributed by atoms with Crippen LogP contribution in [0.5, 0.6) is 0 Å². The summed E-state index contributed by atoms with van der Waals surface area (Å²) in [7, 11) is 1.02. The van der Waals surface area contributed by atoms with Gasteiger partial charge < -0.3 is 9.76 Å². The molecular weight excluding hydrogens is 190 g/mol. The lowest BCUT2D eigenvalue weighted by Crippen LogP contribution is -2.14. The number of aryl methyl sites for hydroxylation is 1. The monoisotopic (exact) mass is 202 g/mol. The summed E-state index contributed by atoms with van der Waals surface area (Å²) in [6.45, 7) is 2.08. The molecule has 1 aromatic carbocycles. The van der Waals surface area contributed by atoms with Gasteiger partial charge >= 0.3 is 0 Å². The number of benzene rings is 1. The van der Waals surface area contributed by atoms with Crippen molar-refractivity contribution < 1.29 is 14.0 Å². The highest BCUT2D eigenvalue weighted by atomic mass is 32.2. The Bertz CT molecular complexity index is 251. The molecule has 0 aromatic heterocycles. The molecular formula is C8H12NO3S-. The third-order valence-corrected chi connectivity index (χ3v) is 1.59. The molecule has 4 nitrogen and oxygen atoms in total. The van der Waals surface area contributed by atoms with Gasteiger partial charge in [0.2, 0.25) is 0 Å². The molecule has 1 aromatic rings. The van der Waals surface area contributed by atoms with Gasteiger partial charge in [0.05, 0.1) is 0 Å². The van der Waals surface area contributed by atoms with Crippen molar-refractivity contribution >= 4 is 11.3 Å². The van der Waals surface area contributed by atoms with Crippen LogP contribution >= 0.6 is 0 Å². The first-order chi connectivity index (χ1) is 6.04. The van der Waals surface area contributed by atoms with Gasteiger partial charge in [-0.05, 0) is 6.92 Å². The van der Waals surface area contributed by atoms with Crippen LogP contribution in [0.25, 0.3) is 0 Å². The fraction of sp³-hybridized carbons (Fsp3) is 0.250. The normalized spacial score (nSPS) is 11.8. The Morgan fingerprint density at radius 3 is 1.92 bits per heavy atom. The van der Waals surface area contributed by atoms with Crippen LogP contribution in [-0.2, 0) is 11.3 Å². The zero-order valence-electron chi connectivity index (χ0n) is 7.51. The summed E-state index contributed by atoms with van der Waals surface area (Å²) < 4.78 is 18.8. The van der Waals surface area contributed by atoms with Gasteiger partial charge in [0, 0.05) is 18.3 Å². The van der Waals surface area contributed by atoms with Gasteiger partial charge in [0.1, 0.15) is 0 Å². The number of rotatable bonds is 1. The molecule has 0 heterocycles. The van der Waals surface area contributed by atoms with E-state index in [9.17, 15) is 8.76 Å². The molecule has 0 amide bonds. The van der Waals surface area contributed by atoms with E-state index in [0.29, 0.717) is 0 Å². The Labute approximate surface area is 80.2 Å². The summed E-state index contributed by atoms with van der Waals surface area (Å²) in [4.78, 5) is 0. The number of hydroxylamine groups is 1. The third-order valence-electron chi connectivity index (χ3n) is 1.16. The van der Waals surface area contributed by atoms with Gasteiger partial charge in [0.25, 0.3) is 0 Å². The van der Waals surface area contributed by atoms with Crippen LogP contribution in [0, 0.1) is 6.92 Å². The van der Waals surface area contributed by atoms with Crippen LogP contribution < -0.4 is 0 Å². The van der Waals surface area contributed by atoms with E-state index in [1.165, 1.54) is 5.56 Å². The lowest BCUT2D eigenvalue weighted by atomic mass is 10.2. The minimum atomic E-state index is -2.48. The molecule has 13 heavy (non-hydrogen) atoms. The first kappa shape index (κ1) is 12.2. The van der Waals surface area contributed by atoms with Crippen molar-refractivity contribution in [3.8, 4) is 0 Å². The minimum Gasteiger partial charge on any atom is -0.758 e. The van der Waals surface area contributed by atoms with E-state index in [4.69, 9.17) is 5.21 Å². The SMILES string of the molecule is CN(O)S(=O)[O-].Cc1ccccc1. The molecule has 0 radical (unpaired) electrons. The summed E-state index contributed by atoms with van der Waals surface area (Å²) >= 11 is -2.48. The molecule has 0 spiro atoms. The number of nitrogens with zero attached hydrogens (tertiary/aromatic N) is 1. The molecule has 1 N–H and O–H groups in total. The fourth-order valence-electron chi connectivity index (χ4n) is 0.534. The van der Waals surface area contributed by atoms with Crippen LogP contribution in [0.1, 0.15) is 5.56 Å². The second-order valence-corrected chi connectivity index (χ2v) is 3.30. The van der Waals surface area contributed by atoms with Crippen LogP contribution in [0.3, 0.4) is 0 Å². The lowest BCUT2D eigenvalue weighted by molar-refractivity contribution is 0.0284. The average Bonchev–Trinajstić information content (AvgIpc) is 2.06. The second kappa shape index (κ2) is 6.73. The van der Waals surface area contributed by atoms with Crippen molar-refractivity contribution in [3.05, 3.63) is 35.9 Å². The van der Waals surface area contributed by atoms with Gasteiger partial charge in [-0.1, -0.05) is 35.9 Å². The Hall–Kier alpha value is -0.750. The van der Waals surface area contributed by atoms with Gasteiger partial charge in [-0.3, -0.25) is 4.21 Å². The van der Waals surface area contributed by atoms with Crippen molar-refractivity contribution in [2.45, 2.75) is 6.92 Å². The molecule has 0 saturated carbocycles. The molecule has 1 rings (SSSR count). The van der Waals surface area contributed by atoms with Crippen molar-refractivity contribution in [1.29, 1.82) is 0 Å². The molecule has 1 atom stereocenters. The maximum Gasteiger partial charge on any atom is 0.0450 e. The van der Waals surface area contributed by atoms with Crippen LogP contribution in [0.15, 0.2) is 30.3 Å². The van der Waals surface area contributed by atoms with Gasteiger partial charge in [-0.2, -0.15) is 0 Å². The predicted molar refractivity (Wildman–Crippen MR) is 49.6 cm³/mol. The summed E-state index contributed by atoms with van der Waals surface area (Å²) in [5.74, 6) is 0. The zero-order valence-corrected chi connectivity index (χ0v) is 8.32. The predicted octanol–water partition coefficient (Wildman–Crippen LogP) is 1.10. The number of hydrogen-bond acceptors (Lipinski definition) is 3. The van der Waals surface area contributed by atoms with Crippen LogP contribution in [-0.4, -0.2) is 25.5 Å². The maximum absolute atomic E-state index is 9.38. The van der Waals surface area contributed by atoms with E-state index in [2.05, 4.69) is 19.1 Å². The molecule has 0 saturated heterocycles. The summed E-state index contributed by atoms with van der Waals surface area (Å²) in [5.41, 5.74) is 1.32. The third kappa shape index (κ3) is 7.61. The van der Waals surface area contributed by atoms with Gasteiger partial charge in [0.15, 0.2) is 0 Å². The average molecular weight is 202 g/mol. The van der Waals surface area contributed by atoms with Crippen LogP contribution in [0.4, 0.5) is 0 Å². The minimum absolute atomic E-state index is 0.0833. The lowest BCUT2D eigenvalue weighted by Gasteiger charge is -2.08. The van der Waals surface area contributed by atoms with Crippen molar-refractivity contribution in [1.82, 2.24) is 4.47 Å². The van der Waals surface area contributed by atoms with Crippen molar-refractivity contribution in [3.63, 3.8) is 0 Å². The van der Waals surface area contributed by atoms with E-state index in [1.807, 2.05) is 18.2 Å². The topological polar surface area (TPSA) is 63.6 Å². The summed E-state index contributed by atoms with van der Waals surface area (Å²) in [5, 5.41) is 7.85. The van der Waals surface area contributed by atoms with Gasteiger partial charge in [-0.15, -0.1) is 4.47 Å². The van der Waals surface area contributed by atoms with Crippen molar-refractivity contribution in [2.24, 2.45) is 0 Å². The zero-order chi connectivity index (χ0) is 10.3. The summed E-state index contributed by atoms with van der Waals surface area (Å²) in [6.07, 6.45) is 0. The van der Waals surface area contributed by atoms with Crippen molar-refractivity contribution in [2.75, 3.05) is 7.05 Å². The Morgan fingerprint density at radius 1 is 1.38 bits per heavy atom. The molecule has 0 aliphatic heterocycles. The first-order valence-corrected chi connectivity index (χ1v) is 4.61. The fourth-order valence-corrected chi connectivity index (χ4v) is 0.534. The highest BCUT2D eigenvalue weighted by Gasteiger charge is 1.81. The Morgan fingerprint density at radius 2 is 1.77 bits per heavy atom. The molecule has 0 fully saturated rings. The smallest absolute Gasteiger partial charge is 0.0450 e. The van der Waals surface area contributed by atoms with E-state index < -0.39 is 11.3 Å². The van der Waals surface area contributed by atoms with E-state index >= 15 is 0 Å². The molecule has 1 unspecified atom stereocenters. The van der Waals surface area contributed by atoms with E-state index in [1.54, 1.807) is 0 Å². The molecule has 0 aliphatic carbocycles. The second-order valence-electron chi connectivity index (χ2n) is 2.34. The van der Waals surface area contributed by atoms with Crippen LogP contribution in [0.2, 0.25) is 0 Å². The molecule has 74 valence electrons. The maximum atomic E-state index is 9.38. The number of hydrogen-bond donors (Lipinski definition) is 1. The molecule has 0 aliphatic rings. The molecule has 5 heteroatoms. The summed E-state index contributed by atoms with van der Waals surface area (Å²) in [6, 6.07) is 10.3. The quantitative estimate of drug-likeness (QED) is 0.547. The highest BCUT2D eigenvalue weighted by molar-refractivity contribution is 7.76. The largest absolute Gasteiger partial charge is 0.758 e. The van der Waals surface area contributed by atoms with Gasteiger partial charge in [-0.25, -0.2) is 0 Å². The Balaban J connectivity index is 0.000000226. The highest BCUT2D eigenvalue weighted by Crippen LogP contribution is 1.92. The Kier molecular flexibility index (Phi) is 6.34. The standard InChI is InChI=1S/C7H8.CH5NO3S/c1-7-5-3-2-4-6-7;1-2(3)6(4)5/h2-6H,1H3;3H,1H3,(H,4,5)/p-1. The van der Waals surface area contributed by atoms with E-state index in [-0.39, 0.29) is 4.47 Å².